The van der Waals surface area contributed by atoms with Gasteiger partial charge in [-0.2, -0.15) is 0 Å². The fraction of sp³-hybridized carbons (Fsp3) is 0.200. The summed E-state index contributed by atoms with van der Waals surface area (Å²) >= 11 is 1.61. The number of hydrogen-bond donors (Lipinski definition) is 1. The topological polar surface area (TPSA) is 67.9 Å². The van der Waals surface area contributed by atoms with Crippen LogP contribution < -0.4 is 14.8 Å². The lowest BCUT2D eigenvalue weighted by molar-refractivity contribution is -0.128. The number of nitrogens with zero attached hydrogens (tertiary/aromatic N) is 1. The van der Waals surface area contributed by atoms with Crippen LogP contribution in [0.2, 0.25) is 0 Å². The average Bonchev–Trinajstić information content (AvgIpc) is 3.19. The average molecular weight is 447 g/mol. The molecular formula is C25H22N2O4S. The van der Waals surface area contributed by atoms with Gasteiger partial charge in [0.25, 0.3) is 5.91 Å². The highest BCUT2D eigenvalue weighted by Gasteiger charge is 2.32. The van der Waals surface area contributed by atoms with Crippen LogP contribution in [0.1, 0.15) is 26.9 Å². The maximum absolute atomic E-state index is 12.7. The van der Waals surface area contributed by atoms with Gasteiger partial charge in [0.2, 0.25) is 5.91 Å². The van der Waals surface area contributed by atoms with Crippen molar-refractivity contribution in [2.75, 3.05) is 24.3 Å². The Bertz CT molecular complexity index is 1130. The van der Waals surface area contributed by atoms with Crippen LogP contribution in [0.25, 0.3) is 0 Å². The molecule has 5 rings (SSSR count). The fourth-order valence-electron chi connectivity index (χ4n) is 3.80. The number of nitrogens with one attached hydrogen (secondary N) is 1. The van der Waals surface area contributed by atoms with Gasteiger partial charge in [-0.3, -0.25) is 9.59 Å². The molecule has 1 fully saturated rings. The maximum atomic E-state index is 12.7. The number of thioether (sulfide) groups is 1. The van der Waals surface area contributed by atoms with Gasteiger partial charge < -0.3 is 19.7 Å². The van der Waals surface area contributed by atoms with Gasteiger partial charge in [0.15, 0.2) is 11.5 Å². The van der Waals surface area contributed by atoms with Gasteiger partial charge in [-0.15, -0.1) is 11.8 Å². The number of fused-ring (bicyclic) bond motifs is 1. The number of carbonyl (C=O) groups excluding carboxylic acids is 2. The van der Waals surface area contributed by atoms with Crippen LogP contribution in [-0.4, -0.2) is 35.7 Å². The molecule has 1 atom stereocenters. The number of rotatable bonds is 5. The van der Waals surface area contributed by atoms with Gasteiger partial charge in [-0.05, 0) is 35.4 Å². The Morgan fingerprint density at radius 1 is 0.969 bits per heavy atom. The molecule has 6 nitrogen and oxygen atoms in total. The number of amides is 2. The Kier molecular flexibility index (Phi) is 5.73. The molecule has 32 heavy (non-hydrogen) atoms. The molecule has 0 unspecified atom stereocenters. The summed E-state index contributed by atoms with van der Waals surface area (Å²) in [5, 5.41) is 2.84. The molecule has 0 spiro atoms. The first-order chi connectivity index (χ1) is 15.7. The smallest absolute Gasteiger partial charge is 0.255 e. The Balaban J connectivity index is 1.28. The number of ether oxygens (including phenoxy) is 2. The molecule has 3 aromatic rings. The molecule has 1 N–H and O–H groups in total. The van der Waals surface area contributed by atoms with Crippen molar-refractivity contribution in [1.82, 2.24) is 4.90 Å². The van der Waals surface area contributed by atoms with E-state index in [0.717, 1.165) is 11.1 Å². The van der Waals surface area contributed by atoms with Crippen molar-refractivity contribution < 1.29 is 19.1 Å². The van der Waals surface area contributed by atoms with Gasteiger partial charge in [-0.25, -0.2) is 0 Å². The van der Waals surface area contributed by atoms with Crippen LogP contribution in [0.5, 0.6) is 11.5 Å². The van der Waals surface area contributed by atoms with Gasteiger partial charge in [0.05, 0.1) is 5.75 Å². The molecule has 2 amide bonds. The largest absolute Gasteiger partial charge is 0.486 e. The summed E-state index contributed by atoms with van der Waals surface area (Å²) in [7, 11) is 0. The molecule has 0 aliphatic carbocycles. The molecule has 0 bridgehead atoms. The van der Waals surface area contributed by atoms with E-state index in [1.165, 1.54) is 0 Å². The zero-order chi connectivity index (χ0) is 21.9. The molecule has 2 heterocycles. The zero-order valence-corrected chi connectivity index (χ0v) is 18.1. The molecule has 2 aliphatic rings. The van der Waals surface area contributed by atoms with E-state index in [1.54, 1.807) is 42.1 Å². The summed E-state index contributed by atoms with van der Waals surface area (Å²) in [5.74, 6) is 1.70. The van der Waals surface area contributed by atoms with E-state index >= 15 is 0 Å². The second kappa shape index (κ2) is 8.96. The summed E-state index contributed by atoms with van der Waals surface area (Å²) in [6, 6.07) is 22.8. The Morgan fingerprint density at radius 3 is 2.50 bits per heavy atom. The lowest BCUT2D eigenvalue weighted by Crippen LogP contribution is -2.27. The highest BCUT2D eigenvalue weighted by molar-refractivity contribution is 8.00. The summed E-state index contributed by atoms with van der Waals surface area (Å²) in [4.78, 5) is 27.1. The number of carbonyl (C=O) groups is 2. The molecule has 0 radical (unpaired) electrons. The summed E-state index contributed by atoms with van der Waals surface area (Å²) in [5.41, 5.74) is 3.30. The lowest BCUT2D eigenvalue weighted by Gasteiger charge is -2.24. The van der Waals surface area contributed by atoms with Crippen molar-refractivity contribution in [3.05, 3.63) is 89.5 Å². The van der Waals surface area contributed by atoms with Gasteiger partial charge >= 0.3 is 0 Å². The van der Waals surface area contributed by atoms with Crippen LogP contribution in [0.4, 0.5) is 5.69 Å². The van der Waals surface area contributed by atoms with Gasteiger partial charge in [0.1, 0.15) is 18.6 Å². The van der Waals surface area contributed by atoms with Crippen LogP contribution >= 0.6 is 11.8 Å². The molecule has 0 saturated carbocycles. The first kappa shape index (κ1) is 20.5. The standard InChI is InChI=1S/C25H22N2O4S/c28-23-16-32-25(27(23)15-17-4-2-1-3-5-17)19-8-6-18(7-9-19)24(29)26-20-10-11-21-22(14-20)31-13-12-30-21/h1-11,14,25H,12-13,15-16H2,(H,26,29)/t25-/m1/s1. The number of benzene rings is 3. The number of anilines is 1. The molecule has 1 saturated heterocycles. The molecule has 3 aromatic carbocycles. The third-order valence-corrected chi connectivity index (χ3v) is 6.68. The van der Waals surface area contributed by atoms with Crippen molar-refractivity contribution >= 4 is 29.3 Å². The van der Waals surface area contributed by atoms with Crippen molar-refractivity contribution in [2.45, 2.75) is 11.9 Å². The summed E-state index contributed by atoms with van der Waals surface area (Å²) in [6.45, 7) is 1.59. The predicted octanol–water partition coefficient (Wildman–Crippen LogP) is 4.48. The van der Waals surface area contributed by atoms with E-state index in [4.69, 9.17) is 9.47 Å². The van der Waals surface area contributed by atoms with E-state index in [-0.39, 0.29) is 17.2 Å². The first-order valence-electron chi connectivity index (χ1n) is 10.4. The third-order valence-electron chi connectivity index (χ3n) is 5.42. The highest BCUT2D eigenvalue weighted by atomic mass is 32.2. The van der Waals surface area contributed by atoms with Gasteiger partial charge in [-0.1, -0.05) is 42.5 Å². The van der Waals surface area contributed by atoms with E-state index in [0.29, 0.717) is 48.3 Å². The normalized spacial score (nSPS) is 17.3. The van der Waals surface area contributed by atoms with E-state index in [2.05, 4.69) is 5.32 Å². The Hall–Kier alpha value is -3.45. The first-order valence-corrected chi connectivity index (χ1v) is 11.5. The summed E-state index contributed by atoms with van der Waals surface area (Å²) in [6.07, 6.45) is 0. The zero-order valence-electron chi connectivity index (χ0n) is 17.3. The molecule has 162 valence electrons. The Morgan fingerprint density at radius 2 is 1.72 bits per heavy atom. The quantitative estimate of drug-likeness (QED) is 0.626. The van der Waals surface area contributed by atoms with E-state index in [1.807, 2.05) is 47.4 Å². The van der Waals surface area contributed by atoms with Crippen molar-refractivity contribution in [1.29, 1.82) is 0 Å². The van der Waals surface area contributed by atoms with Crippen LogP contribution in [0.15, 0.2) is 72.8 Å². The highest BCUT2D eigenvalue weighted by Crippen LogP contribution is 2.39. The van der Waals surface area contributed by atoms with Crippen molar-refractivity contribution in [3.8, 4) is 11.5 Å². The molecule has 7 heteroatoms. The molecule has 2 aliphatic heterocycles. The Labute approximate surface area is 190 Å². The number of hydrogen-bond acceptors (Lipinski definition) is 5. The minimum Gasteiger partial charge on any atom is -0.486 e. The van der Waals surface area contributed by atoms with E-state index in [9.17, 15) is 9.59 Å². The van der Waals surface area contributed by atoms with Crippen LogP contribution in [0, 0.1) is 0 Å². The minimum absolute atomic E-state index is 0.0578. The third kappa shape index (κ3) is 4.29. The fourth-order valence-corrected chi connectivity index (χ4v) is 4.99. The van der Waals surface area contributed by atoms with Crippen LogP contribution in [0.3, 0.4) is 0 Å². The predicted molar refractivity (Wildman–Crippen MR) is 124 cm³/mol. The maximum Gasteiger partial charge on any atom is 0.255 e. The lowest BCUT2D eigenvalue weighted by atomic mass is 10.1. The van der Waals surface area contributed by atoms with E-state index < -0.39 is 0 Å². The monoisotopic (exact) mass is 446 g/mol. The van der Waals surface area contributed by atoms with Crippen molar-refractivity contribution in [3.63, 3.8) is 0 Å². The molecule has 0 aromatic heterocycles. The van der Waals surface area contributed by atoms with Crippen LogP contribution in [-0.2, 0) is 11.3 Å². The van der Waals surface area contributed by atoms with Crippen molar-refractivity contribution in [2.24, 2.45) is 0 Å². The second-order valence-corrected chi connectivity index (χ2v) is 8.67. The second-order valence-electron chi connectivity index (χ2n) is 7.61. The molecular weight excluding hydrogens is 424 g/mol. The van der Waals surface area contributed by atoms with Gasteiger partial charge in [0, 0.05) is 23.9 Å². The summed E-state index contributed by atoms with van der Waals surface area (Å²) < 4.78 is 11.1. The SMILES string of the molecule is O=C(Nc1ccc2c(c1)OCCO2)c1ccc([C@H]2SCC(=O)N2Cc2ccccc2)cc1. The minimum atomic E-state index is -0.204.